The number of nitrogens with two attached hydrogens (primary N) is 2. The second kappa shape index (κ2) is 65.2. The van der Waals surface area contributed by atoms with Gasteiger partial charge in [0.25, 0.3) is 0 Å². The summed E-state index contributed by atoms with van der Waals surface area (Å²) in [6.07, 6.45) is 1.22. The van der Waals surface area contributed by atoms with Gasteiger partial charge in [-0.2, -0.15) is 5.21 Å². The maximum absolute atomic E-state index is 15.5. The molecular weight excluding hydrogens is 1820 g/mol. The van der Waals surface area contributed by atoms with Crippen LogP contribution < -0.4 is 64.1 Å². The van der Waals surface area contributed by atoms with Gasteiger partial charge < -0.3 is 146 Å². The second-order valence-corrected chi connectivity index (χ2v) is 32.1. The van der Waals surface area contributed by atoms with E-state index in [1.807, 2.05) is 31.3 Å². The number of imidazole rings is 1. The third kappa shape index (κ3) is 44.4. The van der Waals surface area contributed by atoms with Crippen molar-refractivity contribution in [2.75, 3.05) is 185 Å². The van der Waals surface area contributed by atoms with Gasteiger partial charge in [0.15, 0.2) is 5.82 Å². The molecule has 49 heteroatoms. The van der Waals surface area contributed by atoms with Crippen molar-refractivity contribution >= 4 is 65.0 Å². The summed E-state index contributed by atoms with van der Waals surface area (Å²) in [5.74, 6) is -13.3. The number of rotatable bonds is 77. The van der Waals surface area contributed by atoms with Crippen LogP contribution in [0.4, 0.5) is 4.39 Å². The first-order valence-corrected chi connectivity index (χ1v) is 45.4. The number of hydrogen-bond donors (Lipinski definition) is 17. The Hall–Kier alpha value is -11.7. The monoisotopic (exact) mass is 1950 g/mol. The van der Waals surface area contributed by atoms with Crippen molar-refractivity contribution in [3.05, 3.63) is 125 Å². The predicted octanol–water partition coefficient (Wildman–Crippen LogP) is -3.57. The molecule has 3 aromatic carbocycles. The van der Waals surface area contributed by atoms with Crippen LogP contribution in [-0.4, -0.2) is 370 Å². The number of H-pyrrole nitrogens is 2. The van der Waals surface area contributed by atoms with Crippen LogP contribution in [0.15, 0.2) is 85.5 Å². The van der Waals surface area contributed by atoms with Crippen LogP contribution in [0.2, 0.25) is 0 Å². The van der Waals surface area contributed by atoms with E-state index in [1.165, 1.54) is 38.4 Å². The highest BCUT2D eigenvalue weighted by Crippen LogP contribution is 2.29. The molecule has 0 spiro atoms. The number of halogens is 1. The van der Waals surface area contributed by atoms with E-state index in [9.17, 15) is 73.2 Å². The average molecular weight is 1950 g/mol. The van der Waals surface area contributed by atoms with Gasteiger partial charge in [-0.15, -0.1) is 15.3 Å². The molecule has 0 saturated carbocycles. The third-order valence-corrected chi connectivity index (χ3v) is 20.6. The van der Waals surface area contributed by atoms with E-state index in [-0.39, 0.29) is 31.0 Å². The molecule has 0 bridgehead atoms. The largest absolute Gasteiger partial charge is 0.494 e. The van der Waals surface area contributed by atoms with E-state index in [4.69, 9.17) is 73.0 Å². The molecular formula is C89H135FN20O28. The fourth-order valence-corrected chi connectivity index (χ4v) is 12.9. The highest BCUT2D eigenvalue weighted by atomic mass is 19.1. The van der Waals surface area contributed by atoms with Gasteiger partial charge in [-0.25, -0.2) is 9.37 Å². The fraction of sp³-hybridized carbons (Fsp3) is 0.607. The summed E-state index contributed by atoms with van der Waals surface area (Å²) in [6, 6.07) is 6.59. The number of nitrogens with zero attached hydrogens (tertiary/aromatic N) is 7. The van der Waals surface area contributed by atoms with Crippen molar-refractivity contribution in [3.63, 3.8) is 0 Å². The number of aryl methyl sites for hydroxylation is 2. The fourth-order valence-electron chi connectivity index (χ4n) is 12.9. The molecule has 0 fully saturated rings. The number of carboxylic acids is 1. The standard InChI is InChI=1S/C89H135FN20O28/c1-7-62-49-67(138-24-11-10-23-110-55-66(104-109-110)57-137-47-46-136-45-44-135-43-42-134-41-40-133-39-38-132-37-36-131-35-34-130-33-32-129-31-30-128-29-28-127-27-26-126-25-21-91)18-19-68(62)63-16-14-61(15-17-63)48-70(79(92)117)97-81(119)72(51-76(115)116)98-82(120)73(56-111)99-83(121)77(59(2)112)102-87(125)89(6,52-64-12-8-9-13-69(64)90)103-84(122)78(60(3)113)101-75(114)54-95-80(118)71(50-74-105-107-108-106-74)100-86(124)88(4,5)85(123)94-22-20-65-53-93-58-96-65/h8-9,12-19,49,53,55,58-60,70-73,77-78,111-113H,7,10-11,20-48,50-52,54,56-57,91H2,1-6H3,(H2,92,117)(H,93,96)(H,94,123)(H,95,118)(H,97,119)(H,98,120)(H,99,121)(H,100,124)(H,101,114)(H,102,125)(H,103,122)(H,115,116)(H,105,106,107,108)/t59-,60-,70+,71+,72+,73+,77+,78+,89?/m1/s1. The summed E-state index contributed by atoms with van der Waals surface area (Å²) in [4.78, 5) is 157. The summed E-state index contributed by atoms with van der Waals surface area (Å²) in [7, 11) is 0. The Kier molecular flexibility index (Phi) is 54.4. The second-order valence-electron chi connectivity index (χ2n) is 32.1. The number of carbonyl (C=O) groups is 11. The number of tetrazole rings is 1. The molecule has 0 aliphatic rings. The Morgan fingerprint density at radius 1 is 0.558 bits per heavy atom. The smallest absolute Gasteiger partial charge is 0.305 e. The number of aliphatic hydroxyl groups excluding tert-OH is 3. The van der Waals surface area contributed by atoms with Gasteiger partial charge in [0, 0.05) is 57.2 Å². The maximum Gasteiger partial charge on any atom is 0.305 e. The minimum absolute atomic E-state index is 0.0642. The van der Waals surface area contributed by atoms with Gasteiger partial charge in [0.2, 0.25) is 59.1 Å². The van der Waals surface area contributed by atoms with Gasteiger partial charge in [-0.3, -0.25) is 57.4 Å². The molecule has 0 saturated heterocycles. The van der Waals surface area contributed by atoms with Crippen molar-refractivity contribution in [2.24, 2.45) is 16.9 Å². The van der Waals surface area contributed by atoms with E-state index in [0.29, 0.717) is 207 Å². The SMILES string of the molecule is CCc1cc(OCCCCn2cc(COCCOCCOCCOCCOCCOCCOCCOCCOCCOCCOCCOCCN)nn2)ccc1-c1ccc(C[C@H](NC(=O)[C@H](CC(=O)O)NC(=O)[C@H](CO)NC(=O)[C@@H](NC(=O)C(C)(Cc2ccccc2F)NC(=O)[C@@H](NC(=O)CNC(=O)[C@H](Cc2nn[nH]n2)NC(=O)C(C)(C)C(=O)NCCc2cnc[nH]2)[C@@H](C)O)[C@@H](C)O)C(N)=O)cc1. The molecule has 1 unspecified atom stereocenters. The molecule has 9 atom stereocenters. The zero-order valence-electron chi connectivity index (χ0n) is 78.8. The molecule has 0 aliphatic carbocycles. The molecule has 10 amide bonds. The number of primary amides is 1. The number of hydrogen-bond acceptors (Lipinski definition) is 34. The summed E-state index contributed by atoms with van der Waals surface area (Å²) in [6.45, 7) is 18.0. The normalized spacial score (nSPS) is 13.7. The number of carbonyl (C=O) groups excluding carboxylic acids is 10. The van der Waals surface area contributed by atoms with E-state index in [2.05, 4.69) is 88.8 Å². The van der Waals surface area contributed by atoms with E-state index in [0.717, 1.165) is 56.4 Å². The van der Waals surface area contributed by atoms with Crippen LogP contribution in [0.25, 0.3) is 11.1 Å². The molecule has 0 radical (unpaired) electrons. The number of aliphatic hydroxyl groups is 3. The maximum atomic E-state index is 15.5. The lowest BCUT2D eigenvalue weighted by molar-refractivity contribution is -0.143. The topological polar surface area (TPSA) is 663 Å². The quantitative estimate of drug-likeness (QED) is 0.0130. The van der Waals surface area contributed by atoms with E-state index >= 15 is 4.39 Å². The van der Waals surface area contributed by atoms with Crippen LogP contribution in [0, 0.1) is 11.2 Å². The number of aliphatic carboxylic acids is 1. The molecule has 0 aliphatic heterocycles. The Balaban J connectivity index is 0.868. The first-order valence-electron chi connectivity index (χ1n) is 45.4. The van der Waals surface area contributed by atoms with Crippen LogP contribution in [0.1, 0.15) is 94.7 Å². The Morgan fingerprint density at radius 3 is 1.62 bits per heavy atom. The highest BCUT2D eigenvalue weighted by molar-refractivity contribution is 6.06. The number of unbranched alkanes of at least 4 members (excludes halogenated alkanes) is 1. The zero-order chi connectivity index (χ0) is 100. The summed E-state index contributed by atoms with van der Waals surface area (Å²) < 4.78 is 89.5. The lowest BCUT2D eigenvalue weighted by Crippen LogP contribution is -2.67. The molecule has 6 rings (SSSR count). The van der Waals surface area contributed by atoms with Gasteiger partial charge in [-0.1, -0.05) is 65.9 Å². The number of aromatic nitrogens is 9. The van der Waals surface area contributed by atoms with Crippen molar-refractivity contribution in [3.8, 4) is 16.9 Å². The Morgan fingerprint density at radius 2 is 1.10 bits per heavy atom. The van der Waals surface area contributed by atoms with Crippen molar-refractivity contribution in [1.82, 2.24) is 93.4 Å². The summed E-state index contributed by atoms with van der Waals surface area (Å²) in [5, 5.41) is 84.9. The molecule has 766 valence electrons. The van der Waals surface area contributed by atoms with Gasteiger partial charge in [-0.05, 0) is 99.9 Å². The van der Waals surface area contributed by atoms with E-state index < -0.39 is 163 Å². The van der Waals surface area contributed by atoms with Gasteiger partial charge in [0.05, 0.1) is 209 Å². The lowest BCUT2D eigenvalue weighted by Gasteiger charge is -2.34. The number of ether oxygens (including phenoxy) is 13. The lowest BCUT2D eigenvalue weighted by atomic mass is 9.90. The minimum atomic E-state index is -2.39. The number of carboxylic acid groups (broad SMARTS) is 1. The Labute approximate surface area is 798 Å². The highest BCUT2D eigenvalue weighted by Gasteiger charge is 2.43. The minimum Gasteiger partial charge on any atom is -0.494 e. The molecule has 3 heterocycles. The number of aromatic amines is 2. The van der Waals surface area contributed by atoms with Crippen LogP contribution in [0.5, 0.6) is 5.75 Å². The Bertz CT molecular complexity index is 4580. The van der Waals surface area contributed by atoms with Crippen molar-refractivity contribution < 1.29 is 139 Å². The summed E-state index contributed by atoms with van der Waals surface area (Å²) >= 11 is 0. The first-order chi connectivity index (χ1) is 66.4. The molecule has 138 heavy (non-hydrogen) atoms. The number of nitrogens with one attached hydrogen (secondary N) is 11. The van der Waals surface area contributed by atoms with Crippen molar-refractivity contribution in [1.29, 1.82) is 0 Å². The molecule has 6 aromatic rings. The van der Waals surface area contributed by atoms with Crippen LogP contribution >= 0.6 is 0 Å². The number of benzene rings is 3. The zero-order valence-corrected chi connectivity index (χ0v) is 78.8. The van der Waals surface area contributed by atoms with Gasteiger partial charge in [0.1, 0.15) is 64.5 Å². The third-order valence-electron chi connectivity index (χ3n) is 20.6. The molecule has 48 nitrogen and oxygen atoms in total. The number of amides is 10. The van der Waals surface area contributed by atoms with Crippen molar-refractivity contribution in [2.45, 2.75) is 160 Å². The van der Waals surface area contributed by atoms with Crippen LogP contribution in [0.3, 0.4) is 0 Å². The average Bonchev–Trinajstić information content (AvgIpc) is 0.829. The molecule has 19 N–H and O–H groups in total. The predicted molar refractivity (Wildman–Crippen MR) is 488 cm³/mol. The van der Waals surface area contributed by atoms with E-state index in [1.54, 1.807) is 35.1 Å². The first kappa shape index (κ1) is 115. The van der Waals surface area contributed by atoms with Crippen LogP contribution in [-0.2, 0) is 155 Å². The summed E-state index contributed by atoms with van der Waals surface area (Å²) in [5.41, 5.74) is 11.3. The van der Waals surface area contributed by atoms with Gasteiger partial charge >= 0.3 is 5.97 Å². The molecule has 3 aromatic heterocycles.